The number of likely N-dealkylation sites (N-methyl/N-ethyl adjacent to an activating group) is 1. The average molecular weight is 141 g/mol. The van der Waals surface area contributed by atoms with Gasteiger partial charge in [0.1, 0.15) is 0 Å². The highest BCUT2D eigenvalue weighted by atomic mass is 16.3. The number of aliphatic hydroxyl groups excluding tert-OH is 1. The Hall–Kier alpha value is -0.520. The van der Waals surface area contributed by atoms with Crippen molar-refractivity contribution in [2.75, 3.05) is 26.2 Å². The van der Waals surface area contributed by atoms with Gasteiger partial charge in [-0.2, -0.15) is 0 Å². The van der Waals surface area contributed by atoms with Crippen LogP contribution in [0.4, 0.5) is 0 Å². The van der Waals surface area contributed by atoms with E-state index in [0.717, 1.165) is 19.6 Å². The van der Waals surface area contributed by atoms with E-state index < -0.39 is 0 Å². The summed E-state index contributed by atoms with van der Waals surface area (Å²) >= 11 is 0. The first-order valence-electron chi connectivity index (χ1n) is 3.58. The second kappa shape index (κ2) is 6.60. The molecule has 0 saturated carbocycles. The maximum absolute atomic E-state index is 8.58. The van der Waals surface area contributed by atoms with Gasteiger partial charge < -0.3 is 5.11 Å². The lowest BCUT2D eigenvalue weighted by Gasteiger charge is -2.14. The van der Waals surface area contributed by atoms with E-state index in [1.54, 1.807) is 0 Å². The molecule has 0 aromatic carbocycles. The van der Waals surface area contributed by atoms with Gasteiger partial charge in [-0.15, -0.1) is 5.92 Å². The molecule has 2 nitrogen and oxygen atoms in total. The zero-order valence-corrected chi connectivity index (χ0v) is 6.72. The summed E-state index contributed by atoms with van der Waals surface area (Å²) in [6.07, 6.45) is 0. The standard InChI is InChI=1S/C8H15NO/c1-3-5-6-9(4-2)7-8-10/h10H,4,6-8H2,1-2H3. The van der Waals surface area contributed by atoms with Crippen molar-refractivity contribution < 1.29 is 5.11 Å². The normalized spacial score (nSPS) is 9.20. The summed E-state index contributed by atoms with van der Waals surface area (Å²) in [6, 6.07) is 0. The first-order chi connectivity index (χ1) is 4.85. The molecule has 2 heteroatoms. The molecule has 0 aromatic rings. The molecule has 0 radical (unpaired) electrons. The second-order valence-electron chi connectivity index (χ2n) is 2.02. The van der Waals surface area contributed by atoms with Crippen molar-refractivity contribution in [3.63, 3.8) is 0 Å². The molecular formula is C8H15NO. The Morgan fingerprint density at radius 3 is 2.60 bits per heavy atom. The number of hydrogen-bond acceptors (Lipinski definition) is 2. The maximum atomic E-state index is 8.58. The van der Waals surface area contributed by atoms with Crippen LogP contribution in [0.15, 0.2) is 0 Å². The predicted octanol–water partition coefficient (Wildman–Crippen LogP) is 0.324. The molecule has 0 bridgehead atoms. The van der Waals surface area contributed by atoms with E-state index in [4.69, 9.17) is 5.11 Å². The van der Waals surface area contributed by atoms with Gasteiger partial charge >= 0.3 is 0 Å². The Morgan fingerprint density at radius 2 is 2.20 bits per heavy atom. The molecule has 0 atom stereocenters. The Morgan fingerprint density at radius 1 is 1.50 bits per heavy atom. The van der Waals surface area contributed by atoms with Gasteiger partial charge in [0.15, 0.2) is 0 Å². The summed E-state index contributed by atoms with van der Waals surface area (Å²) in [4.78, 5) is 2.09. The third-order valence-electron chi connectivity index (χ3n) is 1.34. The van der Waals surface area contributed by atoms with Gasteiger partial charge in [-0.05, 0) is 13.5 Å². The minimum atomic E-state index is 0.221. The molecule has 0 rings (SSSR count). The van der Waals surface area contributed by atoms with Crippen LogP contribution in [0.2, 0.25) is 0 Å². The van der Waals surface area contributed by atoms with Crippen LogP contribution in [0.1, 0.15) is 13.8 Å². The van der Waals surface area contributed by atoms with Crippen molar-refractivity contribution in [1.82, 2.24) is 4.90 Å². The van der Waals surface area contributed by atoms with Crippen molar-refractivity contribution in [2.24, 2.45) is 0 Å². The van der Waals surface area contributed by atoms with E-state index in [1.165, 1.54) is 0 Å². The number of rotatable bonds is 4. The Bertz CT molecular complexity index is 123. The molecule has 10 heavy (non-hydrogen) atoms. The van der Waals surface area contributed by atoms with E-state index >= 15 is 0 Å². The van der Waals surface area contributed by atoms with Crippen molar-refractivity contribution in [1.29, 1.82) is 0 Å². The van der Waals surface area contributed by atoms with Crippen molar-refractivity contribution >= 4 is 0 Å². The van der Waals surface area contributed by atoms with E-state index in [-0.39, 0.29) is 6.61 Å². The quantitative estimate of drug-likeness (QED) is 0.570. The number of aliphatic hydroxyl groups is 1. The molecule has 0 spiro atoms. The SMILES string of the molecule is CC#CCN(CC)CCO. The fraction of sp³-hybridized carbons (Fsp3) is 0.750. The zero-order chi connectivity index (χ0) is 7.82. The van der Waals surface area contributed by atoms with Crippen molar-refractivity contribution in [3.8, 4) is 11.8 Å². The highest BCUT2D eigenvalue weighted by Gasteiger charge is 1.95. The third kappa shape index (κ3) is 4.37. The summed E-state index contributed by atoms with van der Waals surface area (Å²) in [7, 11) is 0. The minimum Gasteiger partial charge on any atom is -0.395 e. The number of hydrogen-bond donors (Lipinski definition) is 1. The lowest BCUT2D eigenvalue weighted by molar-refractivity contribution is 0.216. The summed E-state index contributed by atoms with van der Waals surface area (Å²) in [5, 5.41) is 8.58. The van der Waals surface area contributed by atoms with E-state index in [0.29, 0.717) is 0 Å². The van der Waals surface area contributed by atoms with Crippen molar-refractivity contribution in [2.45, 2.75) is 13.8 Å². The maximum Gasteiger partial charge on any atom is 0.0602 e. The molecular weight excluding hydrogens is 126 g/mol. The molecule has 0 heterocycles. The molecule has 0 saturated heterocycles. The van der Waals surface area contributed by atoms with Gasteiger partial charge in [0, 0.05) is 6.54 Å². The lowest BCUT2D eigenvalue weighted by Crippen LogP contribution is -2.26. The minimum absolute atomic E-state index is 0.221. The molecule has 0 aliphatic carbocycles. The molecule has 58 valence electrons. The van der Waals surface area contributed by atoms with Crippen LogP contribution in [0, 0.1) is 11.8 Å². The highest BCUT2D eigenvalue weighted by molar-refractivity contribution is 4.97. The Kier molecular flexibility index (Phi) is 6.25. The fourth-order valence-corrected chi connectivity index (χ4v) is 0.681. The smallest absolute Gasteiger partial charge is 0.0602 e. The molecule has 0 aliphatic heterocycles. The van der Waals surface area contributed by atoms with E-state index in [1.807, 2.05) is 6.92 Å². The molecule has 0 aliphatic rings. The van der Waals surface area contributed by atoms with Crippen LogP contribution in [0.3, 0.4) is 0 Å². The Labute approximate surface area is 62.8 Å². The monoisotopic (exact) mass is 141 g/mol. The summed E-state index contributed by atoms with van der Waals surface area (Å²) in [5.74, 6) is 5.77. The third-order valence-corrected chi connectivity index (χ3v) is 1.34. The van der Waals surface area contributed by atoms with Gasteiger partial charge in [-0.25, -0.2) is 0 Å². The highest BCUT2D eigenvalue weighted by Crippen LogP contribution is 1.83. The van der Waals surface area contributed by atoms with Gasteiger partial charge in [-0.3, -0.25) is 4.90 Å². The van der Waals surface area contributed by atoms with Crippen LogP contribution in [-0.2, 0) is 0 Å². The number of nitrogens with zero attached hydrogens (tertiary/aromatic N) is 1. The van der Waals surface area contributed by atoms with Gasteiger partial charge in [0.25, 0.3) is 0 Å². The van der Waals surface area contributed by atoms with Crippen LogP contribution in [0.25, 0.3) is 0 Å². The van der Waals surface area contributed by atoms with Crippen LogP contribution in [0.5, 0.6) is 0 Å². The van der Waals surface area contributed by atoms with Gasteiger partial charge in [0.2, 0.25) is 0 Å². The first-order valence-corrected chi connectivity index (χ1v) is 3.58. The predicted molar refractivity (Wildman–Crippen MR) is 42.6 cm³/mol. The van der Waals surface area contributed by atoms with Crippen LogP contribution in [-0.4, -0.2) is 36.2 Å². The Balaban J connectivity index is 3.45. The molecule has 0 amide bonds. The molecule has 0 fully saturated rings. The summed E-state index contributed by atoms with van der Waals surface area (Å²) in [6.45, 7) is 6.56. The molecule has 0 unspecified atom stereocenters. The van der Waals surface area contributed by atoms with Crippen molar-refractivity contribution in [3.05, 3.63) is 0 Å². The molecule has 1 N–H and O–H groups in total. The second-order valence-corrected chi connectivity index (χ2v) is 2.02. The van der Waals surface area contributed by atoms with Gasteiger partial charge in [-0.1, -0.05) is 12.8 Å². The zero-order valence-electron chi connectivity index (χ0n) is 6.72. The summed E-state index contributed by atoms with van der Waals surface area (Å²) < 4.78 is 0. The first kappa shape index (κ1) is 9.48. The summed E-state index contributed by atoms with van der Waals surface area (Å²) in [5.41, 5.74) is 0. The van der Waals surface area contributed by atoms with Gasteiger partial charge in [0.05, 0.1) is 13.2 Å². The lowest BCUT2D eigenvalue weighted by atomic mass is 10.4. The van der Waals surface area contributed by atoms with Crippen LogP contribution >= 0.6 is 0 Å². The van der Waals surface area contributed by atoms with E-state index in [2.05, 4.69) is 23.7 Å². The van der Waals surface area contributed by atoms with E-state index in [9.17, 15) is 0 Å². The fourth-order valence-electron chi connectivity index (χ4n) is 0.681. The largest absolute Gasteiger partial charge is 0.395 e. The topological polar surface area (TPSA) is 23.5 Å². The van der Waals surface area contributed by atoms with Crippen LogP contribution < -0.4 is 0 Å². The average Bonchev–Trinajstić information content (AvgIpc) is 1.98. The molecule has 0 aromatic heterocycles.